The van der Waals surface area contributed by atoms with Crippen LogP contribution in [-0.2, 0) is 11.3 Å². The van der Waals surface area contributed by atoms with Gasteiger partial charge in [-0.25, -0.2) is 4.68 Å². The molecule has 1 saturated carbocycles. The molecule has 2 fully saturated rings. The van der Waals surface area contributed by atoms with Crippen LogP contribution in [0.1, 0.15) is 67.9 Å². The number of hydrogen-bond donors (Lipinski definition) is 1. The van der Waals surface area contributed by atoms with Crippen LogP contribution in [0.2, 0.25) is 0 Å². The average molecular weight is 385 g/mol. The van der Waals surface area contributed by atoms with Crippen LogP contribution in [0.4, 0.5) is 0 Å². The minimum absolute atomic E-state index is 0.187. The lowest BCUT2D eigenvalue weighted by atomic mass is 9.69. The molecule has 6 heteroatoms. The summed E-state index contributed by atoms with van der Waals surface area (Å²) in [5, 5.41) is 12.8. The number of piperidine rings is 1. The van der Waals surface area contributed by atoms with Crippen molar-refractivity contribution >= 4 is 0 Å². The summed E-state index contributed by atoms with van der Waals surface area (Å²) in [5.74, 6) is 0.976. The van der Waals surface area contributed by atoms with E-state index in [1.165, 1.54) is 69.2 Å². The Morgan fingerprint density at radius 2 is 1.86 bits per heavy atom. The van der Waals surface area contributed by atoms with E-state index >= 15 is 0 Å². The molecule has 2 heterocycles. The van der Waals surface area contributed by atoms with Gasteiger partial charge in [0, 0.05) is 18.1 Å². The predicted octanol–water partition coefficient (Wildman–Crippen LogP) is 2.35. The Kier molecular flexibility index (Phi) is 6.07. The van der Waals surface area contributed by atoms with Crippen LogP contribution in [0.25, 0.3) is 0 Å². The van der Waals surface area contributed by atoms with Gasteiger partial charge in [0.1, 0.15) is 0 Å². The third-order valence-corrected chi connectivity index (χ3v) is 6.87. The van der Waals surface area contributed by atoms with Crippen LogP contribution in [0.15, 0.2) is 24.3 Å². The molecule has 152 valence electrons. The number of rotatable bonds is 6. The average Bonchev–Trinajstić information content (AvgIpc) is 3.17. The van der Waals surface area contributed by atoms with Crippen molar-refractivity contribution in [2.24, 2.45) is 5.41 Å². The van der Waals surface area contributed by atoms with Gasteiger partial charge in [-0.1, -0.05) is 49.1 Å². The van der Waals surface area contributed by atoms with E-state index in [4.69, 9.17) is 4.74 Å². The summed E-state index contributed by atoms with van der Waals surface area (Å²) in [4.78, 5) is 1.63. The number of aromatic nitrogens is 4. The molecule has 28 heavy (non-hydrogen) atoms. The lowest BCUT2D eigenvalue weighted by Crippen LogP contribution is -3.15. The van der Waals surface area contributed by atoms with Gasteiger partial charge in [0.2, 0.25) is 5.82 Å². The second-order valence-corrected chi connectivity index (χ2v) is 8.85. The first-order valence-electron chi connectivity index (χ1n) is 10.9. The summed E-state index contributed by atoms with van der Waals surface area (Å²) in [7, 11) is 1.73. The van der Waals surface area contributed by atoms with Crippen LogP contribution < -0.4 is 4.90 Å². The van der Waals surface area contributed by atoms with Gasteiger partial charge in [0.05, 0.1) is 26.2 Å². The molecule has 1 unspecified atom stereocenters. The SMILES string of the molecule is COCCn1nnnc1[C@H](c1ccc(C)cc1)[NH+]1CCCC2(CCCCC2)C1. The van der Waals surface area contributed by atoms with Crippen LogP contribution in [-0.4, -0.2) is 47.0 Å². The number of nitrogens with zero attached hydrogens (tertiary/aromatic N) is 4. The largest absolute Gasteiger partial charge is 0.383 e. The van der Waals surface area contributed by atoms with Crippen LogP contribution in [0.3, 0.4) is 0 Å². The summed E-state index contributed by atoms with van der Waals surface area (Å²) in [5.41, 5.74) is 3.14. The predicted molar refractivity (Wildman–Crippen MR) is 108 cm³/mol. The maximum atomic E-state index is 5.28. The number of benzene rings is 1. The molecule has 1 aromatic carbocycles. The summed E-state index contributed by atoms with van der Waals surface area (Å²) >= 11 is 0. The van der Waals surface area contributed by atoms with Gasteiger partial charge < -0.3 is 9.64 Å². The fraction of sp³-hybridized carbons (Fsp3) is 0.682. The van der Waals surface area contributed by atoms with Gasteiger partial charge in [-0.3, -0.25) is 0 Å². The smallest absolute Gasteiger partial charge is 0.214 e. The molecule has 1 aliphatic heterocycles. The van der Waals surface area contributed by atoms with E-state index in [0.717, 1.165) is 5.82 Å². The van der Waals surface area contributed by atoms with E-state index in [1.807, 2.05) is 4.68 Å². The first kappa shape index (κ1) is 19.5. The molecule has 0 radical (unpaired) electrons. The number of methoxy groups -OCH3 is 1. The van der Waals surface area contributed by atoms with Crippen molar-refractivity contribution in [1.82, 2.24) is 20.2 Å². The number of aryl methyl sites for hydroxylation is 1. The Morgan fingerprint density at radius 1 is 1.11 bits per heavy atom. The first-order chi connectivity index (χ1) is 13.7. The van der Waals surface area contributed by atoms with E-state index in [-0.39, 0.29) is 6.04 Å². The summed E-state index contributed by atoms with van der Waals surface area (Å²) in [6.07, 6.45) is 9.69. The molecule has 0 bridgehead atoms. The highest BCUT2D eigenvalue weighted by atomic mass is 16.5. The highest BCUT2D eigenvalue weighted by molar-refractivity contribution is 5.26. The van der Waals surface area contributed by atoms with E-state index in [0.29, 0.717) is 18.6 Å². The molecule has 1 aliphatic carbocycles. The number of tetrazole rings is 1. The monoisotopic (exact) mass is 384 g/mol. The zero-order valence-electron chi connectivity index (χ0n) is 17.4. The summed E-state index contributed by atoms with van der Waals surface area (Å²) in [6.45, 7) is 5.89. The number of quaternary nitrogens is 1. The molecule has 1 spiro atoms. The molecule has 1 aromatic heterocycles. The first-order valence-corrected chi connectivity index (χ1v) is 10.9. The van der Waals surface area contributed by atoms with Crippen molar-refractivity contribution in [1.29, 1.82) is 0 Å². The molecule has 2 aromatic rings. The highest BCUT2D eigenvalue weighted by Crippen LogP contribution is 2.40. The number of nitrogens with one attached hydrogen (secondary N) is 1. The fourth-order valence-corrected chi connectivity index (χ4v) is 5.41. The minimum atomic E-state index is 0.187. The topological polar surface area (TPSA) is 57.3 Å². The number of ether oxygens (including phenoxy) is 1. The number of likely N-dealkylation sites (tertiary alicyclic amines) is 1. The van der Waals surface area contributed by atoms with E-state index in [9.17, 15) is 0 Å². The Morgan fingerprint density at radius 3 is 2.61 bits per heavy atom. The molecule has 2 aliphatic rings. The summed E-state index contributed by atoms with van der Waals surface area (Å²) in [6, 6.07) is 9.15. The molecule has 6 nitrogen and oxygen atoms in total. The van der Waals surface area contributed by atoms with Crippen molar-refractivity contribution < 1.29 is 9.64 Å². The molecule has 0 amide bonds. The lowest BCUT2D eigenvalue weighted by molar-refractivity contribution is -0.938. The van der Waals surface area contributed by atoms with Crippen molar-refractivity contribution in [2.75, 3.05) is 26.8 Å². The van der Waals surface area contributed by atoms with Crippen LogP contribution >= 0.6 is 0 Å². The Labute approximate surface area is 168 Å². The minimum Gasteiger partial charge on any atom is -0.383 e. The Balaban J connectivity index is 1.67. The normalized spacial score (nSPS) is 23.0. The van der Waals surface area contributed by atoms with Crippen molar-refractivity contribution in [3.63, 3.8) is 0 Å². The Hall–Kier alpha value is -1.79. The van der Waals surface area contributed by atoms with Gasteiger partial charge in [0.25, 0.3) is 0 Å². The molecular formula is C22H34N5O+. The standard InChI is InChI=1S/C22H33N5O/c1-18-7-9-19(10-8-18)20(21-23-24-25-27(21)15-16-28-2)26-14-6-13-22(17-26)11-4-3-5-12-22/h7-10,20H,3-6,11-17H2,1-2H3/p+1/t20-/m0/s1. The molecule has 2 atom stereocenters. The zero-order chi connectivity index (χ0) is 19.4. The van der Waals surface area contributed by atoms with Crippen LogP contribution in [0, 0.1) is 12.3 Å². The maximum Gasteiger partial charge on any atom is 0.214 e. The third kappa shape index (κ3) is 4.13. The van der Waals surface area contributed by atoms with Gasteiger partial charge >= 0.3 is 0 Å². The van der Waals surface area contributed by atoms with E-state index < -0.39 is 0 Å². The van der Waals surface area contributed by atoms with Crippen molar-refractivity contribution in [3.05, 3.63) is 41.2 Å². The fourth-order valence-electron chi connectivity index (χ4n) is 5.41. The number of hydrogen-bond acceptors (Lipinski definition) is 4. The van der Waals surface area contributed by atoms with Crippen molar-refractivity contribution in [3.8, 4) is 0 Å². The van der Waals surface area contributed by atoms with Gasteiger partial charge in [-0.15, -0.1) is 5.10 Å². The second kappa shape index (κ2) is 8.70. The van der Waals surface area contributed by atoms with Gasteiger partial charge in [0.15, 0.2) is 6.04 Å². The third-order valence-electron chi connectivity index (χ3n) is 6.87. The van der Waals surface area contributed by atoms with Gasteiger partial charge in [-0.05, 0) is 43.0 Å². The zero-order valence-corrected chi connectivity index (χ0v) is 17.4. The highest BCUT2D eigenvalue weighted by Gasteiger charge is 2.43. The lowest BCUT2D eigenvalue weighted by Gasteiger charge is -2.45. The maximum absolute atomic E-state index is 5.28. The quantitative estimate of drug-likeness (QED) is 0.831. The summed E-state index contributed by atoms with van der Waals surface area (Å²) < 4.78 is 7.23. The van der Waals surface area contributed by atoms with E-state index in [2.05, 4.69) is 46.7 Å². The molecule has 4 rings (SSSR count). The second-order valence-electron chi connectivity index (χ2n) is 8.85. The molecular weight excluding hydrogens is 350 g/mol. The van der Waals surface area contributed by atoms with Crippen molar-refractivity contribution in [2.45, 2.75) is 64.5 Å². The van der Waals surface area contributed by atoms with Gasteiger partial charge in [-0.2, -0.15) is 0 Å². The Bertz CT molecular complexity index is 745. The molecule has 1 N–H and O–H groups in total. The molecule has 1 saturated heterocycles. The van der Waals surface area contributed by atoms with E-state index in [1.54, 1.807) is 12.0 Å². The van der Waals surface area contributed by atoms with Crippen LogP contribution in [0.5, 0.6) is 0 Å².